The molecule has 3 aliphatic heterocycles. The van der Waals surface area contributed by atoms with E-state index in [1.165, 1.54) is 6.42 Å². The molecule has 4 heterocycles. The Kier molecular flexibility index (Phi) is 7.48. The maximum Gasteiger partial charge on any atom is 0.410 e. The summed E-state index contributed by atoms with van der Waals surface area (Å²) >= 11 is 0. The van der Waals surface area contributed by atoms with E-state index in [4.69, 9.17) is 4.74 Å². The average molecular weight is 540 g/mol. The molecular formula is C29H41N5O5. The van der Waals surface area contributed by atoms with Crippen LogP contribution >= 0.6 is 0 Å². The molecule has 0 bridgehead atoms. The second-order valence-corrected chi connectivity index (χ2v) is 12.4. The number of nitrogens with one attached hydrogen (secondary N) is 1. The first-order valence-corrected chi connectivity index (χ1v) is 14.3. The highest BCUT2D eigenvalue weighted by Gasteiger charge is 2.33. The van der Waals surface area contributed by atoms with Gasteiger partial charge < -0.3 is 14.5 Å². The molecule has 5 rings (SSSR count). The van der Waals surface area contributed by atoms with Crippen molar-refractivity contribution in [1.29, 1.82) is 0 Å². The summed E-state index contributed by atoms with van der Waals surface area (Å²) in [4.78, 5) is 54.1. The summed E-state index contributed by atoms with van der Waals surface area (Å²) in [7, 11) is 1.76. The molecule has 212 valence electrons. The number of hydrogen-bond donors (Lipinski definition) is 1. The Balaban J connectivity index is 1.22. The molecule has 3 aliphatic rings. The topological polar surface area (TPSA) is 106 Å². The Morgan fingerprint density at radius 2 is 1.62 bits per heavy atom. The van der Waals surface area contributed by atoms with Crippen LogP contribution in [0.25, 0.3) is 11.0 Å². The van der Waals surface area contributed by atoms with Gasteiger partial charge in [0.2, 0.25) is 11.8 Å². The maximum absolute atomic E-state index is 13.3. The molecule has 10 nitrogen and oxygen atoms in total. The fourth-order valence-electron chi connectivity index (χ4n) is 6.46. The van der Waals surface area contributed by atoms with E-state index < -0.39 is 17.6 Å². The number of benzene rings is 1. The smallest absolute Gasteiger partial charge is 0.410 e. The monoisotopic (exact) mass is 539 g/mol. The number of aryl methyl sites for hydroxylation is 1. The second-order valence-electron chi connectivity index (χ2n) is 12.4. The van der Waals surface area contributed by atoms with Gasteiger partial charge in [0.25, 0.3) is 0 Å². The van der Waals surface area contributed by atoms with Gasteiger partial charge in [-0.2, -0.15) is 0 Å². The first-order valence-electron chi connectivity index (χ1n) is 14.3. The molecule has 10 heteroatoms. The van der Waals surface area contributed by atoms with E-state index in [0.717, 1.165) is 68.6 Å². The summed E-state index contributed by atoms with van der Waals surface area (Å²) < 4.78 is 8.72. The van der Waals surface area contributed by atoms with Crippen molar-refractivity contribution in [1.82, 2.24) is 19.4 Å². The standard InChI is InChI=1S/C29H41N5O5/c1-29(2,3)39-28(38)33-16-12-20(13-17-33)18-19-10-14-32(15-11-19)21-6-5-7-22-25(21)31(4)27(37)34(22)23-8-9-24(35)30-26(23)36/h5-7,19-20,23H,8-18H2,1-4H3,(H,30,35,36). The van der Waals surface area contributed by atoms with Crippen molar-refractivity contribution in [3.63, 3.8) is 0 Å². The highest BCUT2D eigenvalue weighted by molar-refractivity contribution is 6.00. The van der Waals surface area contributed by atoms with Crippen LogP contribution in [0.4, 0.5) is 10.5 Å². The zero-order valence-electron chi connectivity index (χ0n) is 23.6. The number of anilines is 1. The molecule has 1 unspecified atom stereocenters. The Hall–Kier alpha value is -3.30. The van der Waals surface area contributed by atoms with Crippen molar-refractivity contribution in [3.8, 4) is 0 Å². The zero-order valence-corrected chi connectivity index (χ0v) is 23.6. The van der Waals surface area contributed by atoms with Crippen LogP contribution in [-0.2, 0) is 21.4 Å². The summed E-state index contributed by atoms with van der Waals surface area (Å²) in [6, 6.07) is 5.22. The minimum atomic E-state index is -0.679. The normalized spacial score (nSPS) is 21.9. The van der Waals surface area contributed by atoms with Crippen molar-refractivity contribution in [3.05, 3.63) is 28.7 Å². The third-order valence-electron chi connectivity index (χ3n) is 8.49. The molecule has 3 amide bonds. The Morgan fingerprint density at radius 1 is 0.974 bits per heavy atom. The van der Waals surface area contributed by atoms with Gasteiger partial charge in [0, 0.05) is 39.6 Å². The Bertz CT molecular complexity index is 1310. The number of para-hydroxylation sites is 1. The zero-order chi connectivity index (χ0) is 27.9. The van der Waals surface area contributed by atoms with Crippen LogP contribution in [0.2, 0.25) is 0 Å². The molecule has 0 radical (unpaired) electrons. The summed E-state index contributed by atoms with van der Waals surface area (Å²) in [6.45, 7) is 9.06. The molecule has 1 atom stereocenters. The number of fused-ring (bicyclic) bond motifs is 1. The molecule has 2 aromatic rings. The molecule has 0 aliphatic carbocycles. The minimum absolute atomic E-state index is 0.204. The quantitative estimate of drug-likeness (QED) is 0.596. The number of aromatic nitrogens is 2. The van der Waals surface area contributed by atoms with Gasteiger partial charge in [-0.05, 0) is 83.3 Å². The van der Waals surface area contributed by atoms with E-state index >= 15 is 0 Å². The van der Waals surface area contributed by atoms with Gasteiger partial charge in [0.15, 0.2) is 0 Å². The third kappa shape index (κ3) is 5.70. The number of ether oxygens (including phenoxy) is 1. The van der Waals surface area contributed by atoms with Crippen LogP contribution in [0.1, 0.15) is 71.8 Å². The van der Waals surface area contributed by atoms with E-state index in [1.807, 2.05) is 37.8 Å². The first kappa shape index (κ1) is 27.3. The molecule has 1 aromatic carbocycles. The number of imide groups is 1. The number of hydrogen-bond acceptors (Lipinski definition) is 6. The van der Waals surface area contributed by atoms with Gasteiger partial charge in [0.05, 0.1) is 16.7 Å². The predicted octanol–water partition coefficient (Wildman–Crippen LogP) is 3.57. The molecule has 1 N–H and O–H groups in total. The summed E-state index contributed by atoms with van der Waals surface area (Å²) in [6.07, 6.45) is 5.76. The summed E-state index contributed by atoms with van der Waals surface area (Å²) in [5, 5.41) is 2.38. The predicted molar refractivity (Wildman–Crippen MR) is 149 cm³/mol. The molecule has 3 fully saturated rings. The van der Waals surface area contributed by atoms with Crippen molar-refractivity contribution in [2.75, 3.05) is 31.1 Å². The van der Waals surface area contributed by atoms with E-state index in [0.29, 0.717) is 18.3 Å². The number of amides is 3. The number of imidazole rings is 1. The van der Waals surface area contributed by atoms with Crippen LogP contribution in [-0.4, -0.2) is 63.7 Å². The molecular weight excluding hydrogens is 498 g/mol. The van der Waals surface area contributed by atoms with Gasteiger partial charge in [-0.25, -0.2) is 9.59 Å². The Morgan fingerprint density at radius 3 is 2.23 bits per heavy atom. The maximum atomic E-state index is 13.3. The van der Waals surface area contributed by atoms with E-state index in [9.17, 15) is 19.2 Å². The fourth-order valence-corrected chi connectivity index (χ4v) is 6.46. The van der Waals surface area contributed by atoms with Gasteiger partial charge in [0.1, 0.15) is 11.6 Å². The minimum Gasteiger partial charge on any atom is -0.444 e. The van der Waals surface area contributed by atoms with Crippen LogP contribution in [0.5, 0.6) is 0 Å². The van der Waals surface area contributed by atoms with Gasteiger partial charge in [-0.15, -0.1) is 0 Å². The molecule has 39 heavy (non-hydrogen) atoms. The SMILES string of the molecule is Cn1c(=O)n(C2CCC(=O)NC2=O)c2cccc(N3CCC(CC4CCN(C(=O)OC(C)(C)C)CC4)CC3)c21. The van der Waals surface area contributed by atoms with E-state index in [1.54, 1.807) is 16.2 Å². The molecule has 0 spiro atoms. The average Bonchev–Trinajstić information content (AvgIpc) is 3.14. The largest absolute Gasteiger partial charge is 0.444 e. The highest BCUT2D eigenvalue weighted by atomic mass is 16.6. The lowest BCUT2D eigenvalue weighted by atomic mass is 9.83. The Labute approximate surface area is 229 Å². The number of nitrogens with zero attached hydrogens (tertiary/aromatic N) is 4. The van der Waals surface area contributed by atoms with E-state index in [-0.39, 0.29) is 24.1 Å². The fraction of sp³-hybridized carbons (Fsp3) is 0.655. The van der Waals surface area contributed by atoms with Gasteiger partial charge >= 0.3 is 11.8 Å². The van der Waals surface area contributed by atoms with Crippen LogP contribution < -0.4 is 15.9 Å². The van der Waals surface area contributed by atoms with Crippen LogP contribution in [0.3, 0.4) is 0 Å². The van der Waals surface area contributed by atoms with Crippen LogP contribution in [0, 0.1) is 11.8 Å². The third-order valence-corrected chi connectivity index (χ3v) is 8.49. The molecule has 1 aromatic heterocycles. The van der Waals surface area contributed by atoms with Gasteiger partial charge in [-0.3, -0.25) is 24.0 Å². The number of piperidine rings is 3. The number of likely N-dealkylation sites (tertiary alicyclic amines) is 1. The van der Waals surface area contributed by atoms with Crippen molar-refractivity contribution in [2.45, 2.75) is 77.4 Å². The number of carbonyl (C=O) groups excluding carboxylic acids is 3. The molecule has 0 saturated carbocycles. The lowest BCUT2D eigenvalue weighted by molar-refractivity contribution is -0.135. The molecule has 3 saturated heterocycles. The summed E-state index contributed by atoms with van der Waals surface area (Å²) in [5.74, 6) is 0.577. The van der Waals surface area contributed by atoms with Gasteiger partial charge in [-0.1, -0.05) is 6.07 Å². The lowest BCUT2D eigenvalue weighted by Crippen LogP contribution is -2.44. The number of rotatable bonds is 4. The second kappa shape index (κ2) is 10.7. The van der Waals surface area contributed by atoms with Crippen molar-refractivity contribution < 1.29 is 19.1 Å². The summed E-state index contributed by atoms with van der Waals surface area (Å²) in [5.41, 5.74) is 1.88. The van der Waals surface area contributed by atoms with Crippen molar-refractivity contribution in [2.24, 2.45) is 18.9 Å². The van der Waals surface area contributed by atoms with E-state index in [2.05, 4.69) is 16.3 Å². The highest BCUT2D eigenvalue weighted by Crippen LogP contribution is 2.35. The van der Waals surface area contributed by atoms with Crippen LogP contribution in [0.15, 0.2) is 23.0 Å². The lowest BCUT2D eigenvalue weighted by Gasteiger charge is -2.38. The number of carbonyl (C=O) groups is 3. The van der Waals surface area contributed by atoms with Crippen molar-refractivity contribution >= 4 is 34.6 Å². The first-order chi connectivity index (χ1) is 18.5.